The van der Waals surface area contributed by atoms with Gasteiger partial charge in [0, 0.05) is 28.3 Å². The van der Waals surface area contributed by atoms with E-state index in [1.807, 2.05) is 0 Å². The van der Waals surface area contributed by atoms with E-state index in [1.165, 1.54) is 0 Å². The minimum Gasteiger partial charge on any atom is -0.870 e. The van der Waals surface area contributed by atoms with Crippen molar-refractivity contribution in [3.8, 4) is 0 Å². The Labute approximate surface area is 74.9 Å². The molecule has 0 aromatic rings. The van der Waals surface area contributed by atoms with Gasteiger partial charge in [-0.15, -0.1) is 0 Å². The van der Waals surface area contributed by atoms with E-state index in [4.69, 9.17) is 10.2 Å². The minimum atomic E-state index is -0.352. The molecule has 0 spiro atoms. The first kappa shape index (κ1) is 31.3. The fourth-order valence-electron chi connectivity index (χ4n) is 0.187. The van der Waals surface area contributed by atoms with Crippen molar-refractivity contribution in [3.63, 3.8) is 0 Å². The van der Waals surface area contributed by atoms with Gasteiger partial charge in [-0.2, -0.15) is 0 Å². The van der Waals surface area contributed by atoms with Crippen LogP contribution in [0.1, 0.15) is 13.3 Å². The molecule has 0 radical (unpaired) electrons. The van der Waals surface area contributed by atoms with Crippen LogP contribution in [0.15, 0.2) is 0 Å². The monoisotopic (exact) mass is 189 g/mol. The molecule has 0 amide bonds. The molecule has 1 atom stereocenters. The molecule has 0 bridgehead atoms. The second kappa shape index (κ2) is 22.7. The van der Waals surface area contributed by atoms with Gasteiger partial charge in [0.2, 0.25) is 0 Å². The zero-order valence-electron chi connectivity index (χ0n) is 5.73. The Balaban J connectivity index is -0.0000000208. The Bertz CT molecular complexity index is 34.8. The molecule has 5 N–H and O–H groups in total. The van der Waals surface area contributed by atoms with E-state index < -0.39 is 0 Å². The van der Waals surface area contributed by atoms with Crippen molar-refractivity contribution >= 4 is 0 Å². The van der Waals surface area contributed by atoms with Crippen LogP contribution < -0.4 is 0 Å². The molecule has 6 heteroatoms. The smallest absolute Gasteiger partial charge is 0.0533 e. The van der Waals surface area contributed by atoms with Crippen molar-refractivity contribution in [2.75, 3.05) is 6.61 Å². The Hall–Kier alpha value is 0.514. The van der Waals surface area contributed by atoms with E-state index in [-0.39, 0.29) is 50.9 Å². The zero-order chi connectivity index (χ0) is 4.99. The second-order valence-corrected chi connectivity index (χ2v) is 1.36. The predicted molar refractivity (Wildman–Crippen MR) is 29.2 cm³/mol. The third kappa shape index (κ3) is 38.9. The Morgan fingerprint density at radius 2 is 1.50 bits per heavy atom. The van der Waals surface area contributed by atoms with Crippen LogP contribution in [0.25, 0.3) is 0 Å². The summed E-state index contributed by atoms with van der Waals surface area (Å²) in [6.07, 6.45) is 0.134. The maximum Gasteiger partial charge on any atom is 0.0533 e. The molecule has 0 aliphatic carbocycles. The molecule has 0 aliphatic heterocycles. The fraction of sp³-hybridized carbons (Fsp3) is 1.00. The van der Waals surface area contributed by atoms with Crippen LogP contribution in [0.3, 0.4) is 0 Å². The molecule has 0 aromatic carbocycles. The number of rotatable bonds is 2. The van der Waals surface area contributed by atoms with Gasteiger partial charge in [-0.1, -0.05) is 0 Å². The average Bonchev–Trinajstić information content (AvgIpc) is 1.35. The molecule has 0 rings (SSSR count). The van der Waals surface area contributed by atoms with Gasteiger partial charge < -0.3 is 26.6 Å². The van der Waals surface area contributed by atoms with E-state index >= 15 is 0 Å². The molecule has 1 unspecified atom stereocenters. The number of aliphatic hydroxyl groups is 2. The molecule has 0 aliphatic rings. The summed E-state index contributed by atoms with van der Waals surface area (Å²) in [5, 5.41) is 16.5. The van der Waals surface area contributed by atoms with Crippen molar-refractivity contribution in [2.24, 2.45) is 0 Å². The van der Waals surface area contributed by atoms with E-state index in [0.29, 0.717) is 6.42 Å². The third-order valence-electron chi connectivity index (χ3n) is 0.547. The van der Waals surface area contributed by atoms with E-state index in [0.717, 1.165) is 0 Å². The fourth-order valence-corrected chi connectivity index (χ4v) is 0.187. The van der Waals surface area contributed by atoms with Gasteiger partial charge in [-0.25, -0.2) is 0 Å². The summed E-state index contributed by atoms with van der Waals surface area (Å²) in [6, 6.07) is 0. The molecule has 10 heavy (non-hydrogen) atoms. The van der Waals surface area contributed by atoms with Crippen molar-refractivity contribution in [1.82, 2.24) is 0 Å². The Kier molecular flexibility index (Phi) is 71.0. The molecule has 0 saturated heterocycles. The van der Waals surface area contributed by atoms with Crippen LogP contribution in [0.2, 0.25) is 0 Å². The van der Waals surface area contributed by atoms with Crippen LogP contribution in [0.4, 0.5) is 0 Å². The van der Waals surface area contributed by atoms with Crippen LogP contribution >= 0.6 is 0 Å². The quantitative estimate of drug-likeness (QED) is 0.549. The molecule has 0 saturated carbocycles. The van der Waals surface area contributed by atoms with E-state index in [2.05, 4.69) is 0 Å². The molecule has 0 heterocycles. The van der Waals surface area contributed by atoms with Gasteiger partial charge >= 0.3 is 0 Å². The molecule has 66 valence electrons. The van der Waals surface area contributed by atoms with E-state index in [1.54, 1.807) is 6.92 Å². The molecular weight excluding hydrogens is 176 g/mol. The number of hydrogen-bond acceptors (Lipinski definition) is 5. The summed E-state index contributed by atoms with van der Waals surface area (Å²) in [5.74, 6) is 0. The van der Waals surface area contributed by atoms with Crippen molar-refractivity contribution < 1.29 is 48.4 Å². The van der Waals surface area contributed by atoms with Crippen molar-refractivity contribution in [3.05, 3.63) is 0 Å². The second-order valence-electron chi connectivity index (χ2n) is 1.36. The number of hydrogen-bond donors (Lipinski definition) is 2. The summed E-state index contributed by atoms with van der Waals surface area (Å²) < 4.78 is 0. The number of aliphatic hydroxyl groups excluding tert-OH is 2. The van der Waals surface area contributed by atoms with Gasteiger partial charge in [-0.05, 0) is 13.3 Å². The minimum absolute atomic E-state index is 0. The van der Waals surface area contributed by atoms with Gasteiger partial charge in [0.05, 0.1) is 6.10 Å². The Morgan fingerprint density at radius 3 is 1.50 bits per heavy atom. The SMILES string of the molecule is CC(O)CCO.[OH-].[OH-].[OH-].[Ti]. The maximum absolute atomic E-state index is 8.39. The molecular formula is C4H13O5Ti-3. The maximum atomic E-state index is 8.39. The molecule has 5 nitrogen and oxygen atoms in total. The van der Waals surface area contributed by atoms with Gasteiger partial charge in [0.15, 0.2) is 0 Å². The first-order valence-electron chi connectivity index (χ1n) is 2.06. The first-order chi connectivity index (χ1) is 2.77. The van der Waals surface area contributed by atoms with Crippen LogP contribution in [0, 0.1) is 0 Å². The summed E-state index contributed by atoms with van der Waals surface area (Å²) >= 11 is 0. The normalized spacial score (nSPS) is 8.70. The van der Waals surface area contributed by atoms with Crippen LogP contribution in [-0.2, 0) is 21.7 Å². The summed E-state index contributed by atoms with van der Waals surface area (Å²) in [5.41, 5.74) is 0. The van der Waals surface area contributed by atoms with E-state index in [9.17, 15) is 0 Å². The third-order valence-corrected chi connectivity index (χ3v) is 0.547. The summed E-state index contributed by atoms with van der Waals surface area (Å²) in [6.45, 7) is 1.73. The average molecular weight is 189 g/mol. The zero-order valence-corrected chi connectivity index (χ0v) is 7.29. The first-order valence-corrected chi connectivity index (χ1v) is 2.06. The van der Waals surface area contributed by atoms with Gasteiger partial charge in [0.1, 0.15) is 0 Å². The largest absolute Gasteiger partial charge is 0.870 e. The van der Waals surface area contributed by atoms with Gasteiger partial charge in [-0.3, -0.25) is 0 Å². The predicted octanol–water partition coefficient (Wildman–Crippen LogP) is -0.783. The van der Waals surface area contributed by atoms with Crippen LogP contribution in [-0.4, -0.2) is 39.4 Å². The topological polar surface area (TPSA) is 130 Å². The van der Waals surface area contributed by atoms with Crippen molar-refractivity contribution in [2.45, 2.75) is 19.4 Å². The molecule has 0 aromatic heterocycles. The summed E-state index contributed by atoms with van der Waals surface area (Å²) in [7, 11) is 0. The molecule has 0 fully saturated rings. The standard InChI is InChI=1S/C4H10O2.3H2O.Ti/c1-4(6)2-3-5;;;;/h4-6H,2-3H2,1H3;3*1H2;/p-3. The summed E-state index contributed by atoms with van der Waals surface area (Å²) in [4.78, 5) is 0. The van der Waals surface area contributed by atoms with Gasteiger partial charge in [0.25, 0.3) is 0 Å². The van der Waals surface area contributed by atoms with Crippen LogP contribution in [0.5, 0.6) is 0 Å². The van der Waals surface area contributed by atoms with Crippen molar-refractivity contribution in [1.29, 1.82) is 0 Å². The Morgan fingerprint density at radius 1 is 1.20 bits per heavy atom.